The minimum absolute atomic E-state index is 0. The van der Waals surface area contributed by atoms with Crippen LogP contribution in [0.5, 0.6) is 0 Å². The Morgan fingerprint density at radius 1 is 1.09 bits per heavy atom. The predicted molar refractivity (Wildman–Crippen MR) is 109 cm³/mol. The third-order valence-corrected chi connectivity index (χ3v) is 5.45. The second-order valence-electron chi connectivity index (χ2n) is 7.53. The highest BCUT2D eigenvalue weighted by Crippen LogP contribution is 2.32. The van der Waals surface area contributed by atoms with Crippen molar-refractivity contribution in [3.63, 3.8) is 0 Å². The smallest absolute Gasteiger partial charge is 0.191 e. The number of nitrogens with zero attached hydrogens (tertiary/aromatic N) is 2. The molecule has 23 heavy (non-hydrogen) atoms. The molecule has 5 heteroatoms. The van der Waals surface area contributed by atoms with E-state index in [4.69, 9.17) is 4.99 Å². The number of aliphatic imine (C=N–C) groups is 1. The van der Waals surface area contributed by atoms with E-state index in [0.717, 1.165) is 30.9 Å². The molecule has 3 rings (SSSR count). The van der Waals surface area contributed by atoms with Gasteiger partial charge in [-0.25, -0.2) is 0 Å². The molecule has 1 atom stereocenters. The molecule has 2 N–H and O–H groups in total. The van der Waals surface area contributed by atoms with E-state index in [1.54, 1.807) is 0 Å². The number of nitrogens with one attached hydrogen (secondary N) is 2. The summed E-state index contributed by atoms with van der Waals surface area (Å²) in [6.07, 6.45) is 11.2. The zero-order valence-corrected chi connectivity index (χ0v) is 17.1. The average molecular weight is 434 g/mol. The van der Waals surface area contributed by atoms with Crippen molar-refractivity contribution in [2.75, 3.05) is 32.7 Å². The molecule has 1 aliphatic heterocycles. The van der Waals surface area contributed by atoms with Crippen molar-refractivity contribution in [2.24, 2.45) is 16.8 Å². The van der Waals surface area contributed by atoms with Crippen LogP contribution in [0.3, 0.4) is 0 Å². The lowest BCUT2D eigenvalue weighted by molar-refractivity contribution is 0.275. The van der Waals surface area contributed by atoms with Gasteiger partial charge in [0.25, 0.3) is 0 Å². The maximum Gasteiger partial charge on any atom is 0.191 e. The summed E-state index contributed by atoms with van der Waals surface area (Å²) < 4.78 is 0. The van der Waals surface area contributed by atoms with Crippen LogP contribution in [-0.2, 0) is 0 Å². The van der Waals surface area contributed by atoms with Gasteiger partial charge >= 0.3 is 0 Å². The fourth-order valence-electron chi connectivity index (χ4n) is 3.95. The average Bonchev–Trinajstić information content (AvgIpc) is 2.99. The fourth-order valence-corrected chi connectivity index (χ4v) is 3.95. The Morgan fingerprint density at radius 3 is 2.57 bits per heavy atom. The van der Waals surface area contributed by atoms with Crippen LogP contribution in [0.15, 0.2) is 4.99 Å². The van der Waals surface area contributed by atoms with Crippen LogP contribution in [0.1, 0.15) is 58.3 Å². The maximum atomic E-state index is 4.76. The molecule has 3 aliphatic rings. The topological polar surface area (TPSA) is 39.7 Å². The molecule has 2 aliphatic carbocycles. The summed E-state index contributed by atoms with van der Waals surface area (Å²) in [5.74, 6) is 2.98. The van der Waals surface area contributed by atoms with Crippen LogP contribution in [-0.4, -0.2) is 49.6 Å². The molecule has 2 saturated carbocycles. The zero-order chi connectivity index (χ0) is 15.2. The van der Waals surface area contributed by atoms with E-state index in [1.807, 2.05) is 0 Å². The number of hydrogen-bond acceptors (Lipinski definition) is 2. The summed E-state index contributed by atoms with van der Waals surface area (Å²) in [4.78, 5) is 7.43. The molecule has 0 aromatic rings. The maximum absolute atomic E-state index is 4.76. The van der Waals surface area contributed by atoms with Gasteiger partial charge in [-0.3, -0.25) is 4.99 Å². The SMILES string of the molecule is CCNC(=NCCC1CC1)NC1CCN(CC2CCCC2)C1.I. The predicted octanol–water partition coefficient (Wildman–Crippen LogP) is 3.22. The fraction of sp³-hybridized carbons (Fsp3) is 0.944. The molecule has 0 radical (unpaired) electrons. The van der Waals surface area contributed by atoms with Gasteiger partial charge in [0.05, 0.1) is 0 Å². The van der Waals surface area contributed by atoms with Gasteiger partial charge in [0.1, 0.15) is 0 Å². The summed E-state index contributed by atoms with van der Waals surface area (Å²) in [6.45, 7) is 7.87. The van der Waals surface area contributed by atoms with Gasteiger partial charge in [0, 0.05) is 38.8 Å². The van der Waals surface area contributed by atoms with Crippen LogP contribution in [0.4, 0.5) is 0 Å². The van der Waals surface area contributed by atoms with Crippen LogP contribution < -0.4 is 10.6 Å². The lowest BCUT2D eigenvalue weighted by atomic mass is 10.1. The van der Waals surface area contributed by atoms with E-state index < -0.39 is 0 Å². The Hall–Kier alpha value is -0.0400. The molecule has 0 amide bonds. The van der Waals surface area contributed by atoms with E-state index in [9.17, 15) is 0 Å². The minimum atomic E-state index is 0. The lowest BCUT2D eigenvalue weighted by Crippen LogP contribution is -2.44. The van der Waals surface area contributed by atoms with Gasteiger partial charge < -0.3 is 15.5 Å². The molecule has 0 bridgehead atoms. The number of halogens is 1. The van der Waals surface area contributed by atoms with Gasteiger partial charge in [-0.1, -0.05) is 25.7 Å². The number of hydrogen-bond donors (Lipinski definition) is 2. The van der Waals surface area contributed by atoms with Crippen molar-refractivity contribution >= 4 is 29.9 Å². The largest absolute Gasteiger partial charge is 0.357 e. The van der Waals surface area contributed by atoms with Crippen LogP contribution in [0.2, 0.25) is 0 Å². The minimum Gasteiger partial charge on any atom is -0.357 e. The summed E-state index contributed by atoms with van der Waals surface area (Å²) in [5.41, 5.74) is 0. The van der Waals surface area contributed by atoms with Crippen molar-refractivity contribution in [2.45, 2.75) is 64.3 Å². The number of rotatable bonds is 7. The third-order valence-electron chi connectivity index (χ3n) is 5.45. The van der Waals surface area contributed by atoms with E-state index in [1.165, 1.54) is 71.0 Å². The molecule has 4 nitrogen and oxygen atoms in total. The van der Waals surface area contributed by atoms with Crippen molar-refractivity contribution < 1.29 is 0 Å². The Labute approximate surface area is 159 Å². The van der Waals surface area contributed by atoms with E-state index in [2.05, 4.69) is 22.5 Å². The van der Waals surface area contributed by atoms with Gasteiger partial charge in [0.15, 0.2) is 5.96 Å². The molecule has 134 valence electrons. The molecule has 1 unspecified atom stereocenters. The van der Waals surface area contributed by atoms with Gasteiger partial charge in [-0.2, -0.15) is 0 Å². The summed E-state index contributed by atoms with van der Waals surface area (Å²) in [5, 5.41) is 7.08. The third kappa shape index (κ3) is 6.77. The summed E-state index contributed by atoms with van der Waals surface area (Å²) in [7, 11) is 0. The monoisotopic (exact) mass is 434 g/mol. The Kier molecular flexibility index (Phi) is 8.44. The normalized spacial score (nSPS) is 26.3. The molecular formula is C18H35IN4. The van der Waals surface area contributed by atoms with Gasteiger partial charge in [-0.05, 0) is 44.4 Å². The molecular weight excluding hydrogens is 399 g/mol. The molecule has 0 spiro atoms. The van der Waals surface area contributed by atoms with Gasteiger partial charge in [-0.15, -0.1) is 24.0 Å². The Morgan fingerprint density at radius 2 is 1.87 bits per heavy atom. The molecule has 1 heterocycles. The number of likely N-dealkylation sites (tertiary alicyclic amines) is 1. The quantitative estimate of drug-likeness (QED) is 0.367. The van der Waals surface area contributed by atoms with Crippen molar-refractivity contribution in [3.8, 4) is 0 Å². The second kappa shape index (κ2) is 10.1. The van der Waals surface area contributed by atoms with Crippen LogP contribution in [0, 0.1) is 11.8 Å². The summed E-state index contributed by atoms with van der Waals surface area (Å²) in [6, 6.07) is 0.583. The van der Waals surface area contributed by atoms with Crippen molar-refractivity contribution in [3.05, 3.63) is 0 Å². The van der Waals surface area contributed by atoms with Crippen molar-refractivity contribution in [1.29, 1.82) is 0 Å². The van der Waals surface area contributed by atoms with Crippen LogP contribution in [0.25, 0.3) is 0 Å². The highest BCUT2D eigenvalue weighted by Gasteiger charge is 2.26. The molecule has 0 aromatic heterocycles. The highest BCUT2D eigenvalue weighted by atomic mass is 127. The Balaban J connectivity index is 0.00000192. The molecule has 0 aromatic carbocycles. The number of guanidine groups is 1. The molecule has 1 saturated heterocycles. The van der Waals surface area contributed by atoms with E-state index in [0.29, 0.717) is 6.04 Å². The van der Waals surface area contributed by atoms with E-state index >= 15 is 0 Å². The first-order valence-corrected chi connectivity index (χ1v) is 9.60. The first-order chi connectivity index (χ1) is 10.8. The highest BCUT2D eigenvalue weighted by molar-refractivity contribution is 14.0. The lowest BCUT2D eigenvalue weighted by Gasteiger charge is -2.21. The first-order valence-electron chi connectivity index (χ1n) is 9.60. The Bertz CT molecular complexity index is 364. The van der Waals surface area contributed by atoms with Gasteiger partial charge in [0.2, 0.25) is 0 Å². The molecule has 3 fully saturated rings. The first kappa shape index (κ1) is 19.3. The second-order valence-corrected chi connectivity index (χ2v) is 7.53. The van der Waals surface area contributed by atoms with Crippen molar-refractivity contribution in [1.82, 2.24) is 15.5 Å². The van der Waals surface area contributed by atoms with Crippen LogP contribution >= 0.6 is 24.0 Å². The summed E-state index contributed by atoms with van der Waals surface area (Å²) >= 11 is 0. The van der Waals surface area contributed by atoms with E-state index in [-0.39, 0.29) is 24.0 Å². The standard InChI is InChI=1S/C18H34N4.HI/c1-2-19-18(20-11-9-15-7-8-15)21-17-10-12-22(14-17)13-16-5-3-4-6-16;/h15-17H,2-14H2,1H3,(H2,19,20,21);1H. The zero-order valence-electron chi connectivity index (χ0n) is 14.7.